The monoisotopic (exact) mass is 275 g/mol. The lowest BCUT2D eigenvalue weighted by molar-refractivity contribution is 0.885. The van der Waals surface area contributed by atoms with E-state index in [1.54, 1.807) is 0 Å². The first-order chi connectivity index (χ1) is 6.75. The summed E-state index contributed by atoms with van der Waals surface area (Å²) in [6.07, 6.45) is 0. The van der Waals surface area contributed by atoms with Gasteiger partial charge in [0.1, 0.15) is 16.5 Å². The fourth-order valence-corrected chi connectivity index (χ4v) is 12.6. The van der Waals surface area contributed by atoms with Crippen LogP contribution in [0.3, 0.4) is 0 Å². The van der Waals surface area contributed by atoms with Crippen LogP contribution >= 0.6 is 0 Å². The van der Waals surface area contributed by atoms with Gasteiger partial charge < -0.3 is 9.96 Å². The predicted molar refractivity (Wildman–Crippen MR) is 83.5 cm³/mol. The summed E-state index contributed by atoms with van der Waals surface area (Å²) in [5.74, 6) is 0.803. The second-order valence-corrected chi connectivity index (χ2v) is 21.9. The summed E-state index contributed by atoms with van der Waals surface area (Å²) >= 11 is 0. The molecule has 0 bridgehead atoms. The minimum Gasteiger partial charge on any atom is -0.397 e. The first-order valence-electron chi connectivity index (χ1n) is 5.91. The molecule has 0 rings (SSSR count). The summed E-state index contributed by atoms with van der Waals surface area (Å²) in [4.78, 5) is 0. The molecule has 96 valence electrons. The Labute approximate surface area is 104 Å². The van der Waals surface area contributed by atoms with Crippen molar-refractivity contribution in [1.82, 2.24) is 4.23 Å². The number of nitrogens with zero attached hydrogens (tertiary/aromatic N) is 2. The maximum Gasteiger partial charge on any atom is 0.176 e. The lowest BCUT2D eigenvalue weighted by Gasteiger charge is -2.45. The first kappa shape index (κ1) is 15.9. The van der Waals surface area contributed by atoms with Gasteiger partial charge in [0, 0.05) is 0 Å². The molecule has 3 nitrogen and oxygen atoms in total. The zero-order chi connectivity index (χ0) is 13.4. The molecule has 0 unspecified atom stereocenters. The van der Waals surface area contributed by atoms with Crippen molar-refractivity contribution in [3.63, 3.8) is 0 Å². The molecule has 0 atom stereocenters. The van der Waals surface area contributed by atoms with E-state index in [1.807, 2.05) is 0 Å². The number of nitrogens with two attached hydrogens (primary N) is 1. The molecule has 0 aromatic carbocycles. The van der Waals surface area contributed by atoms with E-state index in [1.165, 1.54) is 0 Å². The third-order valence-corrected chi connectivity index (χ3v) is 10.1. The van der Waals surface area contributed by atoms with Crippen molar-refractivity contribution >= 4 is 30.7 Å². The van der Waals surface area contributed by atoms with Crippen molar-refractivity contribution in [2.24, 2.45) is 10.4 Å². The van der Waals surface area contributed by atoms with Crippen LogP contribution in [-0.4, -0.2) is 34.9 Å². The van der Waals surface area contributed by atoms with Gasteiger partial charge >= 0.3 is 0 Å². The third-order valence-electron chi connectivity index (χ3n) is 2.02. The van der Waals surface area contributed by atoms with E-state index in [4.69, 9.17) is 10.4 Å². The molecule has 0 aromatic heterocycles. The molecular formula is C10H29N3Si3. The van der Waals surface area contributed by atoms with Crippen LogP contribution in [0.5, 0.6) is 0 Å². The molecule has 0 spiro atoms. The summed E-state index contributed by atoms with van der Waals surface area (Å²) in [5.41, 5.74) is 6.26. The zero-order valence-electron chi connectivity index (χ0n) is 12.5. The summed E-state index contributed by atoms with van der Waals surface area (Å²) in [6.45, 7) is 20.8. The van der Waals surface area contributed by atoms with Gasteiger partial charge in [-0.25, -0.2) is 0 Å². The van der Waals surface area contributed by atoms with Crippen molar-refractivity contribution < 1.29 is 0 Å². The van der Waals surface area contributed by atoms with Gasteiger partial charge in [-0.15, -0.1) is 0 Å². The fourth-order valence-electron chi connectivity index (χ4n) is 2.09. The van der Waals surface area contributed by atoms with E-state index < -0.39 is 24.7 Å². The van der Waals surface area contributed by atoms with E-state index in [-0.39, 0.29) is 0 Å². The highest BCUT2D eigenvalue weighted by molar-refractivity contribution is 6.92. The number of hydrogen-bond acceptors (Lipinski definition) is 1. The summed E-state index contributed by atoms with van der Waals surface area (Å²) in [6, 6.07) is 0. The van der Waals surface area contributed by atoms with Gasteiger partial charge in [0.05, 0.1) is 0 Å². The molecule has 0 amide bonds. The Balaban J connectivity index is 5.33. The van der Waals surface area contributed by atoms with Gasteiger partial charge in [-0.3, -0.25) is 4.66 Å². The van der Waals surface area contributed by atoms with Gasteiger partial charge in [-0.05, 0) is 19.6 Å². The van der Waals surface area contributed by atoms with Crippen LogP contribution < -0.4 is 5.73 Å². The van der Waals surface area contributed by atoms with E-state index in [9.17, 15) is 0 Å². The van der Waals surface area contributed by atoms with Gasteiger partial charge in [0.25, 0.3) is 0 Å². The summed E-state index contributed by atoms with van der Waals surface area (Å²) < 4.78 is 7.26. The number of rotatable bonds is 3. The minimum absolute atomic E-state index is 0.803. The molecule has 0 aromatic rings. The topological polar surface area (TPSA) is 41.6 Å². The molecule has 0 aliphatic rings. The van der Waals surface area contributed by atoms with E-state index in [0.717, 1.165) is 5.96 Å². The van der Waals surface area contributed by atoms with Gasteiger partial charge in [-0.2, -0.15) is 0 Å². The standard InChI is InChI=1S/C10H29N3Si3/c1-14(2,3)12-10(11)13(15(4,5)6)16(7,8)9/h1-9H3,(H2,11,12). The van der Waals surface area contributed by atoms with Crippen LogP contribution in [0.1, 0.15) is 0 Å². The average molecular weight is 276 g/mol. The lowest BCUT2D eigenvalue weighted by Crippen LogP contribution is -2.64. The Hall–Kier alpha value is -0.0794. The highest BCUT2D eigenvalue weighted by atomic mass is 28.4. The first-order valence-corrected chi connectivity index (χ1v) is 16.2. The Morgan fingerprint density at radius 1 is 0.812 bits per heavy atom. The summed E-state index contributed by atoms with van der Waals surface area (Å²) in [5, 5.41) is 0. The second-order valence-electron chi connectivity index (χ2n) is 7.32. The molecule has 0 aliphatic carbocycles. The maximum atomic E-state index is 6.26. The van der Waals surface area contributed by atoms with Crippen LogP contribution in [0.4, 0.5) is 0 Å². The summed E-state index contributed by atoms with van der Waals surface area (Å²) in [7, 11) is -4.32. The van der Waals surface area contributed by atoms with E-state index >= 15 is 0 Å². The van der Waals surface area contributed by atoms with Crippen molar-refractivity contribution in [3.8, 4) is 0 Å². The molecular weight excluding hydrogens is 246 g/mol. The largest absolute Gasteiger partial charge is 0.397 e. The Morgan fingerprint density at radius 2 is 1.12 bits per heavy atom. The molecule has 0 radical (unpaired) electrons. The zero-order valence-corrected chi connectivity index (χ0v) is 15.5. The molecule has 6 heteroatoms. The molecule has 2 N–H and O–H groups in total. The highest BCUT2D eigenvalue weighted by Gasteiger charge is 2.36. The maximum absolute atomic E-state index is 6.26. The molecule has 0 fully saturated rings. The van der Waals surface area contributed by atoms with Crippen LogP contribution in [-0.2, 0) is 0 Å². The SMILES string of the molecule is C[Si](C)(C)N=C(N)N([Si](C)(C)C)[Si](C)(C)C. The third kappa shape index (κ3) is 5.31. The van der Waals surface area contributed by atoms with E-state index in [2.05, 4.69) is 63.2 Å². The number of hydrogen-bond donors (Lipinski definition) is 1. The molecule has 0 saturated heterocycles. The van der Waals surface area contributed by atoms with Gasteiger partial charge in [-0.1, -0.05) is 39.3 Å². The van der Waals surface area contributed by atoms with E-state index in [0.29, 0.717) is 0 Å². The predicted octanol–water partition coefficient (Wildman–Crippen LogP) is 3.11. The normalized spacial score (nSPS) is 15.2. The lowest BCUT2D eigenvalue weighted by atomic mass is 11.1. The van der Waals surface area contributed by atoms with Crippen molar-refractivity contribution in [2.75, 3.05) is 0 Å². The molecule has 0 aliphatic heterocycles. The molecule has 16 heavy (non-hydrogen) atoms. The smallest absolute Gasteiger partial charge is 0.176 e. The van der Waals surface area contributed by atoms with Crippen LogP contribution in [0.25, 0.3) is 0 Å². The van der Waals surface area contributed by atoms with Crippen LogP contribution in [0.2, 0.25) is 58.9 Å². The molecule has 0 saturated carbocycles. The highest BCUT2D eigenvalue weighted by Crippen LogP contribution is 2.20. The quantitative estimate of drug-likeness (QED) is 0.488. The fraction of sp³-hybridized carbons (Fsp3) is 0.900. The van der Waals surface area contributed by atoms with Crippen molar-refractivity contribution in [1.29, 1.82) is 0 Å². The van der Waals surface area contributed by atoms with Crippen LogP contribution in [0, 0.1) is 0 Å². The minimum atomic E-state index is -1.47. The van der Waals surface area contributed by atoms with Gasteiger partial charge in [0.2, 0.25) is 0 Å². The average Bonchev–Trinajstić information content (AvgIpc) is 1.70. The van der Waals surface area contributed by atoms with Crippen LogP contribution in [0.15, 0.2) is 4.66 Å². The van der Waals surface area contributed by atoms with Gasteiger partial charge in [0.15, 0.2) is 14.2 Å². The molecule has 0 heterocycles. The second kappa shape index (κ2) is 4.66. The Morgan fingerprint density at radius 3 is 1.31 bits per heavy atom. The van der Waals surface area contributed by atoms with Crippen molar-refractivity contribution in [3.05, 3.63) is 0 Å². The Kier molecular flexibility index (Phi) is 4.63. The van der Waals surface area contributed by atoms with Crippen molar-refractivity contribution in [2.45, 2.75) is 58.9 Å². The number of guanidine groups is 1. The Bertz CT molecular complexity index is 255.